The first-order valence-electron chi connectivity index (χ1n) is 6.05. The van der Waals surface area contributed by atoms with Gasteiger partial charge in [-0.25, -0.2) is 0 Å². The van der Waals surface area contributed by atoms with E-state index in [-0.39, 0.29) is 0 Å². The van der Waals surface area contributed by atoms with Crippen molar-refractivity contribution in [1.29, 1.82) is 0 Å². The largest absolute Gasteiger partial charge is 0.316 e. The molecule has 1 N–H and O–H groups in total. The van der Waals surface area contributed by atoms with Gasteiger partial charge in [0.25, 0.3) is 0 Å². The monoisotopic (exact) mass is 299 g/mol. The molecule has 90 valence electrons. The summed E-state index contributed by atoms with van der Waals surface area (Å²) >= 11 is 3.75. The zero-order chi connectivity index (χ0) is 12.5. The summed E-state index contributed by atoms with van der Waals surface area (Å²) < 4.78 is 1.19. The van der Waals surface area contributed by atoms with Gasteiger partial charge in [-0.3, -0.25) is 0 Å². The highest BCUT2D eigenvalue weighted by Crippen LogP contribution is 2.36. The normalized spacial score (nSPS) is 11.2. The van der Waals surface area contributed by atoms with Crippen molar-refractivity contribution in [2.75, 3.05) is 7.05 Å². The van der Waals surface area contributed by atoms with Crippen molar-refractivity contribution in [2.24, 2.45) is 0 Å². The molecule has 0 aliphatic carbocycles. The van der Waals surface area contributed by atoms with Crippen molar-refractivity contribution < 1.29 is 0 Å². The number of nitrogens with one attached hydrogen (secondary N) is 1. The Morgan fingerprint density at radius 3 is 1.72 bits per heavy atom. The molecule has 18 heavy (non-hydrogen) atoms. The van der Waals surface area contributed by atoms with Gasteiger partial charge >= 0.3 is 0 Å². The first-order chi connectivity index (χ1) is 8.83. The minimum Gasteiger partial charge on any atom is -0.316 e. The van der Waals surface area contributed by atoms with Crippen LogP contribution in [0.3, 0.4) is 0 Å². The van der Waals surface area contributed by atoms with Crippen LogP contribution < -0.4 is 5.32 Å². The molecule has 0 spiro atoms. The van der Waals surface area contributed by atoms with E-state index in [1.807, 2.05) is 7.05 Å². The molecule has 3 rings (SSSR count). The van der Waals surface area contributed by atoms with Crippen LogP contribution in [0.2, 0.25) is 0 Å². The van der Waals surface area contributed by atoms with E-state index in [9.17, 15) is 0 Å². The van der Waals surface area contributed by atoms with Gasteiger partial charge in [-0.05, 0) is 50.1 Å². The standard InChI is InChI=1S/C16H14BrN/c1-18-10-15-11-6-2-4-8-13(11)16(17)14-9-5-3-7-12(14)15/h2-9,18H,10H2,1H3. The second kappa shape index (κ2) is 4.71. The van der Waals surface area contributed by atoms with E-state index in [0.29, 0.717) is 0 Å². The summed E-state index contributed by atoms with van der Waals surface area (Å²) in [5.74, 6) is 0. The van der Waals surface area contributed by atoms with E-state index in [0.717, 1.165) is 6.54 Å². The van der Waals surface area contributed by atoms with E-state index in [2.05, 4.69) is 69.8 Å². The Balaban J connectivity index is 2.54. The first-order valence-corrected chi connectivity index (χ1v) is 6.84. The SMILES string of the molecule is CNCc1c2ccccc2c(Br)c2ccccc12. The van der Waals surface area contributed by atoms with E-state index >= 15 is 0 Å². The Kier molecular flexibility index (Phi) is 3.06. The number of rotatable bonds is 2. The zero-order valence-electron chi connectivity index (χ0n) is 10.2. The van der Waals surface area contributed by atoms with E-state index in [1.54, 1.807) is 0 Å². The quantitative estimate of drug-likeness (QED) is 0.688. The van der Waals surface area contributed by atoms with Crippen LogP contribution in [0.1, 0.15) is 5.56 Å². The summed E-state index contributed by atoms with van der Waals surface area (Å²) in [6, 6.07) is 17.1. The lowest BCUT2D eigenvalue weighted by Gasteiger charge is -2.13. The van der Waals surface area contributed by atoms with Crippen LogP contribution in [-0.2, 0) is 6.54 Å². The Labute approximate surface area is 115 Å². The Morgan fingerprint density at radius 1 is 0.833 bits per heavy atom. The molecular weight excluding hydrogens is 286 g/mol. The summed E-state index contributed by atoms with van der Waals surface area (Å²) in [4.78, 5) is 0. The number of halogens is 1. The maximum absolute atomic E-state index is 3.75. The van der Waals surface area contributed by atoms with Crippen molar-refractivity contribution in [1.82, 2.24) is 5.32 Å². The lowest BCUT2D eigenvalue weighted by molar-refractivity contribution is 0.829. The van der Waals surface area contributed by atoms with Gasteiger partial charge in [0.15, 0.2) is 0 Å². The van der Waals surface area contributed by atoms with Crippen molar-refractivity contribution in [3.8, 4) is 0 Å². The van der Waals surface area contributed by atoms with Crippen molar-refractivity contribution >= 4 is 37.5 Å². The molecule has 0 heterocycles. The van der Waals surface area contributed by atoms with Gasteiger partial charge < -0.3 is 5.32 Å². The lowest BCUT2D eigenvalue weighted by atomic mass is 9.97. The van der Waals surface area contributed by atoms with Gasteiger partial charge in [-0.2, -0.15) is 0 Å². The van der Waals surface area contributed by atoms with E-state index in [4.69, 9.17) is 0 Å². The second-order valence-electron chi connectivity index (χ2n) is 4.41. The van der Waals surface area contributed by atoms with Crippen LogP contribution in [0.15, 0.2) is 53.0 Å². The summed E-state index contributed by atoms with van der Waals surface area (Å²) in [6.45, 7) is 0.883. The van der Waals surface area contributed by atoms with Crippen LogP contribution in [0, 0.1) is 0 Å². The number of fused-ring (bicyclic) bond motifs is 2. The fraction of sp³-hybridized carbons (Fsp3) is 0.125. The predicted octanol–water partition coefficient (Wildman–Crippen LogP) is 4.47. The third-order valence-electron chi connectivity index (χ3n) is 3.33. The van der Waals surface area contributed by atoms with Crippen LogP contribution in [0.4, 0.5) is 0 Å². The van der Waals surface area contributed by atoms with Gasteiger partial charge in [-0.15, -0.1) is 0 Å². The second-order valence-corrected chi connectivity index (χ2v) is 5.21. The number of benzene rings is 3. The fourth-order valence-electron chi connectivity index (χ4n) is 2.53. The van der Waals surface area contributed by atoms with E-state index in [1.165, 1.54) is 31.6 Å². The highest BCUT2D eigenvalue weighted by atomic mass is 79.9. The van der Waals surface area contributed by atoms with Gasteiger partial charge in [0.2, 0.25) is 0 Å². The van der Waals surface area contributed by atoms with Crippen LogP contribution in [-0.4, -0.2) is 7.05 Å². The smallest absolute Gasteiger partial charge is 0.0332 e. The molecular formula is C16H14BrN. The molecule has 0 aliphatic heterocycles. The summed E-state index contributed by atoms with van der Waals surface area (Å²) in [7, 11) is 1.99. The average molecular weight is 300 g/mol. The molecule has 0 radical (unpaired) electrons. The third-order valence-corrected chi connectivity index (χ3v) is 4.19. The number of hydrogen-bond acceptors (Lipinski definition) is 1. The molecule has 1 nitrogen and oxygen atoms in total. The molecule has 3 aromatic carbocycles. The van der Waals surface area contributed by atoms with Gasteiger partial charge in [-0.1, -0.05) is 48.5 Å². The van der Waals surface area contributed by atoms with Gasteiger partial charge in [0, 0.05) is 11.0 Å². The van der Waals surface area contributed by atoms with Crippen LogP contribution in [0.25, 0.3) is 21.5 Å². The van der Waals surface area contributed by atoms with Crippen LogP contribution in [0.5, 0.6) is 0 Å². The molecule has 2 heteroatoms. The molecule has 0 saturated carbocycles. The van der Waals surface area contributed by atoms with Crippen molar-refractivity contribution in [3.05, 3.63) is 58.6 Å². The van der Waals surface area contributed by atoms with Gasteiger partial charge in [0.05, 0.1) is 0 Å². The van der Waals surface area contributed by atoms with Crippen molar-refractivity contribution in [3.63, 3.8) is 0 Å². The Hall–Kier alpha value is -1.38. The number of hydrogen-bond donors (Lipinski definition) is 1. The maximum Gasteiger partial charge on any atom is 0.0332 e. The molecule has 0 fully saturated rings. The Morgan fingerprint density at radius 2 is 1.28 bits per heavy atom. The lowest BCUT2D eigenvalue weighted by Crippen LogP contribution is -2.06. The highest BCUT2D eigenvalue weighted by Gasteiger charge is 2.10. The molecule has 0 aromatic heterocycles. The summed E-state index contributed by atoms with van der Waals surface area (Å²) in [5, 5.41) is 8.46. The minimum absolute atomic E-state index is 0.883. The molecule has 0 amide bonds. The maximum atomic E-state index is 3.75. The third kappa shape index (κ3) is 1.73. The summed E-state index contributed by atoms with van der Waals surface area (Å²) in [6.07, 6.45) is 0. The van der Waals surface area contributed by atoms with E-state index < -0.39 is 0 Å². The fourth-order valence-corrected chi connectivity index (χ4v) is 3.22. The van der Waals surface area contributed by atoms with Crippen LogP contribution >= 0.6 is 15.9 Å². The zero-order valence-corrected chi connectivity index (χ0v) is 11.8. The molecule has 0 unspecified atom stereocenters. The molecule has 3 aromatic rings. The molecule has 0 bridgehead atoms. The summed E-state index contributed by atoms with van der Waals surface area (Å²) in [5.41, 5.74) is 1.37. The molecule has 0 saturated heterocycles. The predicted molar refractivity (Wildman–Crippen MR) is 81.9 cm³/mol. The highest BCUT2D eigenvalue weighted by molar-refractivity contribution is 9.10. The first kappa shape index (κ1) is 11.7. The molecule has 0 aliphatic rings. The minimum atomic E-state index is 0.883. The topological polar surface area (TPSA) is 12.0 Å². The Bertz CT molecular complexity index is 662. The molecule has 0 atom stereocenters. The van der Waals surface area contributed by atoms with Gasteiger partial charge in [0.1, 0.15) is 0 Å². The van der Waals surface area contributed by atoms with Crippen molar-refractivity contribution in [2.45, 2.75) is 6.54 Å². The average Bonchev–Trinajstić information content (AvgIpc) is 2.43.